The minimum absolute atomic E-state index is 0.255. The molecule has 1 fully saturated rings. The molecule has 0 N–H and O–H groups in total. The molecule has 2 rings (SSSR count). The molecule has 0 radical (unpaired) electrons. The Balaban J connectivity index is 2.35. The molecule has 1 saturated carbocycles. The van der Waals surface area contributed by atoms with Gasteiger partial charge in [-0.1, -0.05) is 30.3 Å². The monoisotopic (exact) mass is 192 g/mol. The van der Waals surface area contributed by atoms with Crippen LogP contribution in [-0.4, -0.2) is 5.78 Å². The predicted molar refractivity (Wildman–Crippen MR) is 52.7 cm³/mol. The minimum Gasteiger partial charge on any atom is -0.296 e. The van der Waals surface area contributed by atoms with Crippen molar-refractivity contribution in [1.29, 1.82) is 0 Å². The summed E-state index contributed by atoms with van der Waals surface area (Å²) >= 11 is 0. The molecule has 1 aromatic carbocycles. The summed E-state index contributed by atoms with van der Waals surface area (Å²) < 4.78 is 14.3. The summed E-state index contributed by atoms with van der Waals surface area (Å²) in [5.74, 6) is -0.255. The van der Waals surface area contributed by atoms with E-state index in [1.165, 1.54) is 0 Å². The third-order valence-electron chi connectivity index (χ3n) is 2.85. The van der Waals surface area contributed by atoms with Crippen LogP contribution in [0.25, 0.3) is 0 Å². The predicted octanol–water partition coefficient (Wildman–Crippen LogP) is 2.99. The van der Waals surface area contributed by atoms with Crippen molar-refractivity contribution in [1.82, 2.24) is 0 Å². The Morgan fingerprint density at radius 1 is 1.14 bits per heavy atom. The van der Waals surface area contributed by atoms with Crippen LogP contribution in [0, 0.1) is 0 Å². The number of hydrogen-bond acceptors (Lipinski definition) is 1. The summed E-state index contributed by atoms with van der Waals surface area (Å²) in [4.78, 5) is 11.5. The maximum atomic E-state index is 14.3. The number of rotatable bonds is 1. The average molecular weight is 192 g/mol. The van der Waals surface area contributed by atoms with E-state index in [2.05, 4.69) is 0 Å². The molecule has 0 bridgehead atoms. The molecule has 0 amide bonds. The molecule has 0 unspecified atom stereocenters. The van der Waals surface area contributed by atoms with Crippen molar-refractivity contribution in [2.75, 3.05) is 0 Å². The largest absolute Gasteiger partial charge is 0.296 e. The lowest BCUT2D eigenvalue weighted by atomic mass is 9.80. The zero-order valence-corrected chi connectivity index (χ0v) is 8.00. The Morgan fingerprint density at radius 3 is 2.50 bits per heavy atom. The van der Waals surface area contributed by atoms with Crippen LogP contribution in [0.15, 0.2) is 30.3 Å². The number of hydrogen-bond donors (Lipinski definition) is 0. The second-order valence-electron chi connectivity index (χ2n) is 3.80. The Labute approximate surface area is 82.9 Å². The fourth-order valence-corrected chi connectivity index (χ4v) is 2.00. The molecule has 1 atom stereocenters. The van der Waals surface area contributed by atoms with Gasteiger partial charge in [0.15, 0.2) is 11.5 Å². The van der Waals surface area contributed by atoms with Crippen LogP contribution >= 0.6 is 0 Å². The van der Waals surface area contributed by atoms with Gasteiger partial charge >= 0.3 is 0 Å². The minimum atomic E-state index is -1.71. The van der Waals surface area contributed by atoms with Crippen LogP contribution in [0.5, 0.6) is 0 Å². The highest BCUT2D eigenvalue weighted by Gasteiger charge is 2.41. The second-order valence-corrected chi connectivity index (χ2v) is 3.80. The normalized spacial score (nSPS) is 27.6. The van der Waals surface area contributed by atoms with Crippen LogP contribution in [0.4, 0.5) is 4.39 Å². The molecule has 14 heavy (non-hydrogen) atoms. The number of ketones is 1. The van der Waals surface area contributed by atoms with Gasteiger partial charge in [0.1, 0.15) is 0 Å². The van der Waals surface area contributed by atoms with Crippen LogP contribution in [0.3, 0.4) is 0 Å². The van der Waals surface area contributed by atoms with Crippen LogP contribution in [0.2, 0.25) is 0 Å². The van der Waals surface area contributed by atoms with E-state index in [1.54, 1.807) is 24.3 Å². The number of alkyl halides is 1. The van der Waals surface area contributed by atoms with E-state index in [0.29, 0.717) is 18.4 Å². The van der Waals surface area contributed by atoms with Crippen molar-refractivity contribution in [3.63, 3.8) is 0 Å². The van der Waals surface area contributed by atoms with Gasteiger partial charge in [0.2, 0.25) is 0 Å². The first kappa shape index (κ1) is 9.38. The zero-order valence-electron chi connectivity index (χ0n) is 8.00. The van der Waals surface area contributed by atoms with Gasteiger partial charge in [0, 0.05) is 6.42 Å². The summed E-state index contributed by atoms with van der Waals surface area (Å²) in [5.41, 5.74) is -1.19. The zero-order chi connectivity index (χ0) is 10.0. The van der Waals surface area contributed by atoms with Crippen LogP contribution < -0.4 is 0 Å². The number of carbonyl (C=O) groups excluding carboxylic acids is 1. The Morgan fingerprint density at radius 2 is 1.86 bits per heavy atom. The topological polar surface area (TPSA) is 17.1 Å². The molecule has 0 spiro atoms. The molecule has 1 nitrogen and oxygen atoms in total. The number of halogens is 1. The number of carbonyl (C=O) groups is 1. The fourth-order valence-electron chi connectivity index (χ4n) is 2.00. The van der Waals surface area contributed by atoms with E-state index in [1.807, 2.05) is 6.07 Å². The first-order valence-electron chi connectivity index (χ1n) is 5.01. The smallest absolute Gasteiger partial charge is 0.193 e. The van der Waals surface area contributed by atoms with E-state index in [4.69, 9.17) is 0 Å². The second kappa shape index (κ2) is 3.52. The first-order chi connectivity index (χ1) is 6.73. The molecule has 2 heteroatoms. The van der Waals surface area contributed by atoms with Gasteiger partial charge < -0.3 is 0 Å². The molecular formula is C12H13FO. The van der Waals surface area contributed by atoms with E-state index in [-0.39, 0.29) is 5.78 Å². The molecule has 0 heterocycles. The van der Waals surface area contributed by atoms with Crippen molar-refractivity contribution < 1.29 is 9.18 Å². The maximum Gasteiger partial charge on any atom is 0.193 e. The lowest BCUT2D eigenvalue weighted by Crippen LogP contribution is -2.33. The quantitative estimate of drug-likeness (QED) is 0.668. The summed E-state index contributed by atoms with van der Waals surface area (Å²) in [6.07, 6.45) is 2.36. The maximum absolute atomic E-state index is 14.3. The third kappa shape index (κ3) is 1.45. The van der Waals surface area contributed by atoms with E-state index in [0.717, 1.165) is 12.8 Å². The number of Topliss-reactive ketones (excluding diaryl/α,β-unsaturated/α-hetero) is 1. The van der Waals surface area contributed by atoms with E-state index < -0.39 is 5.67 Å². The Hall–Kier alpha value is -1.18. The molecular weight excluding hydrogens is 179 g/mol. The fraction of sp³-hybridized carbons (Fsp3) is 0.417. The molecule has 0 saturated heterocycles. The van der Waals surface area contributed by atoms with Crippen LogP contribution in [0.1, 0.15) is 31.2 Å². The SMILES string of the molecule is O=C1CCCC[C@]1(F)c1ccccc1. The lowest BCUT2D eigenvalue weighted by Gasteiger charge is -2.28. The highest BCUT2D eigenvalue weighted by atomic mass is 19.1. The van der Waals surface area contributed by atoms with Gasteiger partial charge in [-0.2, -0.15) is 0 Å². The summed E-state index contributed by atoms with van der Waals surface area (Å²) in [5, 5.41) is 0. The molecule has 0 aromatic heterocycles. The van der Waals surface area contributed by atoms with Gasteiger partial charge in [-0.15, -0.1) is 0 Å². The van der Waals surface area contributed by atoms with Gasteiger partial charge in [-0.05, 0) is 24.8 Å². The van der Waals surface area contributed by atoms with Crippen LogP contribution in [-0.2, 0) is 10.5 Å². The summed E-state index contributed by atoms with van der Waals surface area (Å²) in [6.45, 7) is 0. The summed E-state index contributed by atoms with van der Waals surface area (Å²) in [6, 6.07) is 8.78. The Kier molecular flexibility index (Phi) is 2.36. The standard InChI is InChI=1S/C12H13FO/c13-12(9-5-4-8-11(12)14)10-6-2-1-3-7-10/h1-3,6-7H,4-5,8-9H2/t12-/m0/s1. The molecule has 1 aliphatic carbocycles. The van der Waals surface area contributed by atoms with Crippen molar-refractivity contribution in [2.24, 2.45) is 0 Å². The number of benzene rings is 1. The van der Waals surface area contributed by atoms with E-state index >= 15 is 0 Å². The molecule has 0 aliphatic heterocycles. The van der Waals surface area contributed by atoms with Crippen molar-refractivity contribution in [3.05, 3.63) is 35.9 Å². The van der Waals surface area contributed by atoms with Crippen molar-refractivity contribution in [3.8, 4) is 0 Å². The molecule has 1 aromatic rings. The van der Waals surface area contributed by atoms with Gasteiger partial charge in [0.25, 0.3) is 0 Å². The molecule has 74 valence electrons. The third-order valence-corrected chi connectivity index (χ3v) is 2.85. The van der Waals surface area contributed by atoms with Gasteiger partial charge in [0.05, 0.1) is 0 Å². The van der Waals surface area contributed by atoms with Gasteiger partial charge in [-0.3, -0.25) is 4.79 Å². The summed E-state index contributed by atoms with van der Waals surface area (Å²) in [7, 11) is 0. The lowest BCUT2D eigenvalue weighted by molar-refractivity contribution is -0.134. The van der Waals surface area contributed by atoms with Crippen molar-refractivity contribution >= 4 is 5.78 Å². The highest BCUT2D eigenvalue weighted by molar-refractivity contribution is 5.89. The molecule has 1 aliphatic rings. The van der Waals surface area contributed by atoms with E-state index in [9.17, 15) is 9.18 Å². The highest BCUT2D eigenvalue weighted by Crippen LogP contribution is 2.37. The first-order valence-corrected chi connectivity index (χ1v) is 5.01. The average Bonchev–Trinajstić information content (AvgIpc) is 2.24. The van der Waals surface area contributed by atoms with Gasteiger partial charge in [-0.25, -0.2) is 4.39 Å². The van der Waals surface area contributed by atoms with Crippen molar-refractivity contribution in [2.45, 2.75) is 31.4 Å². The Bertz CT molecular complexity index is 333.